The van der Waals surface area contributed by atoms with Crippen LogP contribution in [-0.4, -0.2) is 40.1 Å². The maximum absolute atomic E-state index is 14.0. The summed E-state index contributed by atoms with van der Waals surface area (Å²) in [6.45, 7) is 0.0660. The third kappa shape index (κ3) is 3.83. The molecule has 1 aromatic heterocycles. The van der Waals surface area contributed by atoms with Gasteiger partial charge in [0.05, 0.1) is 12.2 Å². The van der Waals surface area contributed by atoms with Crippen molar-refractivity contribution in [2.45, 2.75) is 43.6 Å². The van der Waals surface area contributed by atoms with E-state index in [-0.39, 0.29) is 18.0 Å². The highest BCUT2D eigenvalue weighted by Crippen LogP contribution is 2.40. The van der Waals surface area contributed by atoms with Gasteiger partial charge < -0.3 is 9.88 Å². The summed E-state index contributed by atoms with van der Waals surface area (Å²) in [4.78, 5) is 15.7. The zero-order chi connectivity index (χ0) is 18.0. The zero-order valence-electron chi connectivity index (χ0n) is 13.2. The van der Waals surface area contributed by atoms with E-state index in [2.05, 4.69) is 10.3 Å². The lowest BCUT2D eigenvalue weighted by Crippen LogP contribution is -2.43. The van der Waals surface area contributed by atoms with Crippen molar-refractivity contribution in [3.63, 3.8) is 0 Å². The number of hydrogen-bond donors (Lipinski definition) is 1. The summed E-state index contributed by atoms with van der Waals surface area (Å²) in [7, 11) is 0. The van der Waals surface area contributed by atoms with Gasteiger partial charge in [0.15, 0.2) is 0 Å². The number of imidazole rings is 1. The third-order valence-electron chi connectivity index (χ3n) is 4.29. The van der Waals surface area contributed by atoms with Crippen molar-refractivity contribution in [1.29, 1.82) is 0 Å². The zero-order valence-corrected chi connectivity index (χ0v) is 13.2. The minimum Gasteiger partial charge on any atom is -0.328 e. The molecule has 1 fully saturated rings. The highest BCUT2D eigenvalue weighted by molar-refractivity contribution is 5.90. The molecule has 1 unspecified atom stereocenters. The molecule has 1 saturated carbocycles. The van der Waals surface area contributed by atoms with E-state index in [9.17, 15) is 22.4 Å². The smallest absolute Gasteiger partial charge is 0.244 e. The molecule has 8 heteroatoms. The van der Waals surface area contributed by atoms with E-state index in [0.717, 1.165) is 0 Å². The highest BCUT2D eigenvalue weighted by Gasteiger charge is 2.47. The number of carbonyl (C=O) groups excluding carboxylic acids is 1. The number of amides is 1. The van der Waals surface area contributed by atoms with Crippen LogP contribution in [0.15, 0.2) is 43.0 Å². The SMILES string of the molecule is O=C(Cn1ccnc1)Nc1ccc(C2[C@@H](F)[C@@H](F)C[C@@H](F)[C@H]2F)cc1. The molecule has 0 spiro atoms. The Morgan fingerprint density at radius 3 is 2.32 bits per heavy atom. The molecule has 0 saturated heterocycles. The first-order valence-electron chi connectivity index (χ1n) is 7.87. The van der Waals surface area contributed by atoms with E-state index in [1.165, 1.54) is 30.6 Å². The second-order valence-corrected chi connectivity index (χ2v) is 6.09. The van der Waals surface area contributed by atoms with E-state index >= 15 is 0 Å². The number of hydrogen-bond acceptors (Lipinski definition) is 2. The van der Waals surface area contributed by atoms with Crippen molar-refractivity contribution < 1.29 is 22.4 Å². The van der Waals surface area contributed by atoms with Crippen LogP contribution >= 0.6 is 0 Å². The Bertz CT molecular complexity index is 693. The molecule has 1 aromatic carbocycles. The molecule has 25 heavy (non-hydrogen) atoms. The van der Waals surface area contributed by atoms with Crippen molar-refractivity contribution in [1.82, 2.24) is 9.55 Å². The molecule has 5 atom stereocenters. The molecule has 0 radical (unpaired) electrons. The fraction of sp³-hybridized carbons (Fsp3) is 0.412. The second-order valence-electron chi connectivity index (χ2n) is 6.09. The number of nitrogens with one attached hydrogen (secondary N) is 1. The summed E-state index contributed by atoms with van der Waals surface area (Å²) in [6.07, 6.45) is -4.33. The standard InChI is InChI=1S/C17H17F4N3O/c18-12-7-13(19)17(21)15(16(12)20)10-1-3-11(4-2-10)23-14(25)8-24-6-5-22-9-24/h1-6,9,12-13,15-17H,7-8H2,(H,23,25)/t12-,13+,15?,16-,17+. The maximum atomic E-state index is 14.0. The molecular formula is C17H17F4N3O. The van der Waals surface area contributed by atoms with E-state index in [1.807, 2.05) is 0 Å². The van der Waals surface area contributed by atoms with Gasteiger partial charge >= 0.3 is 0 Å². The molecule has 134 valence electrons. The van der Waals surface area contributed by atoms with E-state index in [4.69, 9.17) is 0 Å². The second kappa shape index (κ2) is 7.25. The Labute approximate surface area is 141 Å². The molecule has 4 nitrogen and oxygen atoms in total. The monoisotopic (exact) mass is 355 g/mol. The van der Waals surface area contributed by atoms with Crippen molar-refractivity contribution in [3.8, 4) is 0 Å². The van der Waals surface area contributed by atoms with Crippen LogP contribution < -0.4 is 5.32 Å². The predicted octanol–water partition coefficient (Wildman–Crippen LogP) is 3.36. The quantitative estimate of drug-likeness (QED) is 0.855. The van der Waals surface area contributed by atoms with Gasteiger partial charge in [-0.1, -0.05) is 12.1 Å². The van der Waals surface area contributed by atoms with Crippen molar-refractivity contribution in [3.05, 3.63) is 48.5 Å². The van der Waals surface area contributed by atoms with Gasteiger partial charge in [0, 0.05) is 24.5 Å². The summed E-state index contributed by atoms with van der Waals surface area (Å²) in [6, 6.07) is 5.66. The van der Waals surface area contributed by atoms with E-state index in [0.29, 0.717) is 5.69 Å². The van der Waals surface area contributed by atoms with Gasteiger partial charge in [-0.25, -0.2) is 22.5 Å². The lowest BCUT2D eigenvalue weighted by molar-refractivity contribution is -0.116. The molecule has 1 amide bonds. The Balaban J connectivity index is 1.68. The van der Waals surface area contributed by atoms with Crippen LogP contribution in [0.3, 0.4) is 0 Å². The van der Waals surface area contributed by atoms with Gasteiger partial charge in [-0.15, -0.1) is 0 Å². The first-order chi connectivity index (χ1) is 12.0. The summed E-state index contributed by atoms with van der Waals surface area (Å²) >= 11 is 0. The first-order valence-corrected chi connectivity index (χ1v) is 7.87. The Morgan fingerprint density at radius 2 is 1.76 bits per heavy atom. The lowest BCUT2D eigenvalue weighted by Gasteiger charge is -2.34. The van der Waals surface area contributed by atoms with Gasteiger partial charge in [-0.05, 0) is 17.7 Å². The van der Waals surface area contributed by atoms with E-state index in [1.54, 1.807) is 17.0 Å². The Kier molecular flexibility index (Phi) is 5.06. The lowest BCUT2D eigenvalue weighted by atomic mass is 9.79. The molecule has 0 aliphatic heterocycles. The minimum absolute atomic E-state index is 0.0660. The molecular weight excluding hydrogens is 338 g/mol. The molecule has 1 aliphatic carbocycles. The van der Waals surface area contributed by atoms with Gasteiger partial charge in [0.1, 0.15) is 31.2 Å². The first kappa shape index (κ1) is 17.4. The maximum Gasteiger partial charge on any atom is 0.244 e. The van der Waals surface area contributed by atoms with Crippen molar-refractivity contribution in [2.24, 2.45) is 0 Å². The van der Waals surface area contributed by atoms with Crippen LogP contribution in [0.4, 0.5) is 23.2 Å². The topological polar surface area (TPSA) is 46.9 Å². The predicted molar refractivity (Wildman–Crippen MR) is 84.2 cm³/mol. The van der Waals surface area contributed by atoms with Gasteiger partial charge in [0.2, 0.25) is 5.91 Å². The molecule has 1 aliphatic rings. The molecule has 1 N–H and O–H groups in total. The van der Waals surface area contributed by atoms with Gasteiger partial charge in [-0.3, -0.25) is 4.79 Å². The Morgan fingerprint density at radius 1 is 1.12 bits per heavy atom. The number of anilines is 1. The van der Waals surface area contributed by atoms with Crippen molar-refractivity contribution in [2.75, 3.05) is 5.32 Å². The number of benzene rings is 1. The number of rotatable bonds is 4. The van der Waals surface area contributed by atoms with Crippen LogP contribution in [0.1, 0.15) is 17.9 Å². The van der Waals surface area contributed by atoms with Crippen LogP contribution in [0.2, 0.25) is 0 Å². The number of alkyl halides is 4. The van der Waals surface area contributed by atoms with Crippen LogP contribution in [-0.2, 0) is 11.3 Å². The van der Waals surface area contributed by atoms with Crippen LogP contribution in [0.25, 0.3) is 0 Å². The fourth-order valence-corrected chi connectivity index (χ4v) is 3.00. The molecule has 3 rings (SSSR count). The van der Waals surface area contributed by atoms with Gasteiger partial charge in [0.25, 0.3) is 0 Å². The number of aromatic nitrogens is 2. The van der Waals surface area contributed by atoms with Gasteiger partial charge in [-0.2, -0.15) is 0 Å². The van der Waals surface area contributed by atoms with Crippen LogP contribution in [0, 0.1) is 0 Å². The summed E-state index contributed by atoms with van der Waals surface area (Å²) in [5, 5.41) is 2.63. The number of carbonyl (C=O) groups is 1. The number of nitrogens with zero attached hydrogens (tertiary/aromatic N) is 2. The van der Waals surface area contributed by atoms with Crippen LogP contribution in [0.5, 0.6) is 0 Å². The molecule has 0 bridgehead atoms. The average molecular weight is 355 g/mol. The normalized spacial score (nSPS) is 29.4. The fourth-order valence-electron chi connectivity index (χ4n) is 3.00. The average Bonchev–Trinajstić information content (AvgIpc) is 3.07. The largest absolute Gasteiger partial charge is 0.328 e. The summed E-state index contributed by atoms with van der Waals surface area (Å²) < 4.78 is 56.7. The Hall–Kier alpha value is -2.38. The van der Waals surface area contributed by atoms with Crippen molar-refractivity contribution >= 4 is 11.6 Å². The minimum atomic E-state index is -2.09. The summed E-state index contributed by atoms with van der Waals surface area (Å²) in [5.41, 5.74) is 0.585. The highest BCUT2D eigenvalue weighted by atomic mass is 19.2. The number of halogens is 4. The molecule has 2 aromatic rings. The van der Waals surface area contributed by atoms with E-state index < -0.39 is 37.0 Å². The third-order valence-corrected chi connectivity index (χ3v) is 4.29. The molecule has 1 heterocycles. The summed E-state index contributed by atoms with van der Waals surface area (Å²) in [5.74, 6) is -1.79.